The molecule has 5 nitrogen and oxygen atoms in total. The number of aldehydes is 1. The maximum absolute atomic E-state index is 9.97. The van der Waals surface area contributed by atoms with E-state index in [1.165, 1.54) is 0 Å². The summed E-state index contributed by atoms with van der Waals surface area (Å²) < 4.78 is 0. The first-order valence-electron chi connectivity index (χ1n) is 8.95. The molecule has 6 heteroatoms. The van der Waals surface area contributed by atoms with Gasteiger partial charge in [-0.3, -0.25) is 0 Å². The predicted molar refractivity (Wildman–Crippen MR) is 110 cm³/mol. The molecule has 0 radical (unpaired) electrons. The summed E-state index contributed by atoms with van der Waals surface area (Å²) in [5, 5.41) is 22.5. The van der Waals surface area contributed by atoms with Crippen molar-refractivity contribution in [1.29, 1.82) is 0 Å². The Morgan fingerprint density at radius 3 is 1.36 bits per heavy atom. The van der Waals surface area contributed by atoms with Crippen molar-refractivity contribution < 1.29 is 15.2 Å². The summed E-state index contributed by atoms with van der Waals surface area (Å²) in [6.45, 7) is 12.3. The number of oxime groups is 2. The monoisotopic (exact) mass is 380 g/mol. The van der Waals surface area contributed by atoms with Crippen LogP contribution in [0.25, 0.3) is 0 Å². The number of nitrogens with zero attached hydrogens (tertiary/aromatic N) is 2. The van der Waals surface area contributed by atoms with E-state index in [1.807, 2.05) is 27.7 Å². The smallest absolute Gasteiger partial charge is 0.148 e. The van der Waals surface area contributed by atoms with Crippen LogP contribution >= 0.6 is 11.6 Å². The highest BCUT2D eigenvalue weighted by atomic mass is 35.5. The highest BCUT2D eigenvalue weighted by Gasteiger charge is 2.08. The summed E-state index contributed by atoms with van der Waals surface area (Å²) in [7, 11) is 0. The highest BCUT2D eigenvalue weighted by Crippen LogP contribution is 2.12. The van der Waals surface area contributed by atoms with Crippen LogP contribution in [-0.4, -0.2) is 28.1 Å². The van der Waals surface area contributed by atoms with Gasteiger partial charge in [-0.25, -0.2) is 0 Å². The van der Waals surface area contributed by atoms with E-state index >= 15 is 0 Å². The van der Waals surface area contributed by atoms with Crippen LogP contribution in [0.5, 0.6) is 0 Å². The van der Waals surface area contributed by atoms with E-state index in [0.29, 0.717) is 17.0 Å². The van der Waals surface area contributed by atoms with Crippen LogP contribution < -0.4 is 0 Å². The molecule has 0 fully saturated rings. The van der Waals surface area contributed by atoms with Gasteiger partial charge in [0, 0.05) is 18.1 Å². The van der Waals surface area contributed by atoms with Crippen LogP contribution in [0.4, 0.5) is 0 Å². The van der Waals surface area contributed by atoms with Gasteiger partial charge in [-0.1, -0.05) is 65.7 Å². The lowest BCUT2D eigenvalue weighted by Crippen LogP contribution is -2.05. The molecule has 0 aromatic carbocycles. The molecule has 0 unspecified atom stereocenters. The zero-order chi connectivity index (χ0) is 19.4. The van der Waals surface area contributed by atoms with Crippen LogP contribution in [-0.2, 0) is 4.79 Å². The first-order valence-corrected chi connectivity index (χ1v) is 9.33. The molecule has 0 bridgehead atoms. The van der Waals surface area contributed by atoms with Crippen molar-refractivity contribution in [2.75, 3.05) is 0 Å². The number of hydrogen-bond acceptors (Lipinski definition) is 5. The SMILES string of the molecule is C.CCC(/C=N/O)CC.CCC(C=O)CC.CCC(CC)/C(Cl)=N/O. The Kier molecular flexibility index (Phi) is 31.8. The van der Waals surface area contributed by atoms with Crippen LogP contribution in [0, 0.1) is 17.8 Å². The summed E-state index contributed by atoms with van der Waals surface area (Å²) in [6, 6.07) is 0. The average Bonchev–Trinajstić information content (AvgIpc) is 2.63. The standard InChI is InChI=1S/C6H12ClNO.C6H13NO.C6H12O.CH4/c1-3-5(4-2)6(7)8-9;1-3-6(4-2)5-7-8;1-3-6(4-2)5-7;/h5,9H,3-4H2,1-2H3;5-6,8H,3-4H2,1-2H3;5-6H,3-4H2,1-2H3;1H4/b8-6-;7-5+;;. The molecule has 0 heterocycles. The van der Waals surface area contributed by atoms with Gasteiger partial charge in [0.1, 0.15) is 11.5 Å². The van der Waals surface area contributed by atoms with Crippen molar-refractivity contribution in [3.05, 3.63) is 0 Å². The average molecular weight is 381 g/mol. The second-order valence-electron chi connectivity index (χ2n) is 5.49. The molecule has 0 aliphatic carbocycles. The molecule has 25 heavy (non-hydrogen) atoms. The number of hydrogen-bond donors (Lipinski definition) is 2. The summed E-state index contributed by atoms with van der Waals surface area (Å²) in [5.74, 6) is 0.997. The van der Waals surface area contributed by atoms with E-state index in [0.717, 1.165) is 44.8 Å². The van der Waals surface area contributed by atoms with E-state index in [-0.39, 0.29) is 13.3 Å². The molecule has 0 aliphatic heterocycles. The lowest BCUT2D eigenvalue weighted by Gasteiger charge is -2.06. The minimum Gasteiger partial charge on any atom is -0.411 e. The Labute approximate surface area is 160 Å². The Balaban J connectivity index is -0.000000131. The summed E-state index contributed by atoms with van der Waals surface area (Å²) in [4.78, 5) is 9.97. The van der Waals surface area contributed by atoms with Gasteiger partial charge in [0.2, 0.25) is 0 Å². The largest absolute Gasteiger partial charge is 0.411 e. The molecule has 0 aromatic heterocycles. The molecule has 0 aliphatic rings. The molecule has 152 valence electrons. The van der Waals surface area contributed by atoms with Gasteiger partial charge in [0.15, 0.2) is 0 Å². The lowest BCUT2D eigenvalue weighted by molar-refractivity contribution is -0.111. The van der Waals surface area contributed by atoms with Gasteiger partial charge in [-0.15, -0.1) is 5.16 Å². The number of carbonyl (C=O) groups excluding carboxylic acids is 1. The van der Waals surface area contributed by atoms with Crippen molar-refractivity contribution in [3.8, 4) is 0 Å². The predicted octanol–water partition coefficient (Wildman–Crippen LogP) is 6.59. The molecule has 0 saturated heterocycles. The van der Waals surface area contributed by atoms with Gasteiger partial charge in [0.05, 0.1) is 0 Å². The van der Waals surface area contributed by atoms with Crippen molar-refractivity contribution in [3.63, 3.8) is 0 Å². The summed E-state index contributed by atoms with van der Waals surface area (Å²) >= 11 is 5.53. The lowest BCUT2D eigenvalue weighted by atomic mass is 10.1. The second-order valence-corrected chi connectivity index (χ2v) is 5.88. The zero-order valence-corrected chi connectivity index (χ0v) is 17.0. The van der Waals surface area contributed by atoms with Gasteiger partial charge >= 0.3 is 0 Å². The fraction of sp³-hybridized carbons (Fsp3) is 0.842. The Bertz CT molecular complexity index is 312. The van der Waals surface area contributed by atoms with Crippen molar-refractivity contribution in [2.24, 2.45) is 28.1 Å². The molecule has 2 N–H and O–H groups in total. The highest BCUT2D eigenvalue weighted by molar-refractivity contribution is 6.65. The summed E-state index contributed by atoms with van der Waals surface area (Å²) in [5.41, 5.74) is 0. The Morgan fingerprint density at radius 2 is 1.28 bits per heavy atom. The quantitative estimate of drug-likeness (QED) is 0.205. The molecule has 0 aromatic rings. The molecular weight excluding hydrogens is 340 g/mol. The van der Waals surface area contributed by atoms with Gasteiger partial charge in [0.25, 0.3) is 0 Å². The summed E-state index contributed by atoms with van der Waals surface area (Å²) in [6.07, 6.45) is 8.56. The minimum atomic E-state index is 0. The zero-order valence-electron chi connectivity index (χ0n) is 16.2. The molecule has 0 rings (SSSR count). The number of halogens is 1. The van der Waals surface area contributed by atoms with Crippen molar-refractivity contribution in [1.82, 2.24) is 0 Å². The van der Waals surface area contributed by atoms with Crippen molar-refractivity contribution >= 4 is 29.3 Å². The first-order chi connectivity index (χ1) is 11.4. The minimum absolute atomic E-state index is 0. The van der Waals surface area contributed by atoms with E-state index < -0.39 is 0 Å². The van der Waals surface area contributed by atoms with E-state index in [2.05, 4.69) is 24.2 Å². The topological polar surface area (TPSA) is 82.2 Å². The van der Waals surface area contributed by atoms with Crippen LogP contribution in [0.15, 0.2) is 10.3 Å². The van der Waals surface area contributed by atoms with Gasteiger partial charge in [-0.05, 0) is 44.4 Å². The fourth-order valence-corrected chi connectivity index (χ4v) is 2.09. The Morgan fingerprint density at radius 1 is 0.880 bits per heavy atom. The molecule has 0 spiro atoms. The van der Waals surface area contributed by atoms with Gasteiger partial charge in [-0.2, -0.15) is 0 Å². The normalized spacial score (nSPS) is 10.9. The van der Waals surface area contributed by atoms with Crippen LogP contribution in [0.1, 0.15) is 87.5 Å². The van der Waals surface area contributed by atoms with E-state index in [1.54, 1.807) is 6.21 Å². The van der Waals surface area contributed by atoms with Crippen LogP contribution in [0.2, 0.25) is 0 Å². The molecular formula is C19H41ClN2O3. The first kappa shape index (κ1) is 31.6. The maximum Gasteiger partial charge on any atom is 0.148 e. The maximum atomic E-state index is 9.97. The third-order valence-electron chi connectivity index (χ3n) is 3.99. The molecule has 0 saturated carbocycles. The number of carbonyl (C=O) groups is 1. The Hall–Kier alpha value is -1.10. The van der Waals surface area contributed by atoms with E-state index in [9.17, 15) is 4.79 Å². The second kappa shape index (κ2) is 25.1. The van der Waals surface area contributed by atoms with Gasteiger partial charge < -0.3 is 15.2 Å². The molecule has 0 amide bonds. The number of rotatable bonds is 9. The third-order valence-corrected chi connectivity index (χ3v) is 4.37. The molecule has 0 atom stereocenters. The third kappa shape index (κ3) is 20.9. The fourth-order valence-electron chi connectivity index (χ4n) is 1.78. The van der Waals surface area contributed by atoms with Crippen molar-refractivity contribution in [2.45, 2.75) is 87.5 Å². The van der Waals surface area contributed by atoms with Crippen LogP contribution in [0.3, 0.4) is 0 Å². The van der Waals surface area contributed by atoms with E-state index in [4.69, 9.17) is 22.0 Å².